The molecule has 25 heavy (non-hydrogen) atoms. The summed E-state index contributed by atoms with van der Waals surface area (Å²) in [5.41, 5.74) is -2.19. The Labute approximate surface area is 146 Å². The van der Waals surface area contributed by atoms with Gasteiger partial charge in [-0.3, -0.25) is 9.00 Å². The molecule has 2 rings (SSSR count). The molecule has 0 bridgehead atoms. The fourth-order valence-corrected chi connectivity index (χ4v) is 1.78. The van der Waals surface area contributed by atoms with Gasteiger partial charge in [0.05, 0.1) is 22.7 Å². The van der Waals surface area contributed by atoms with E-state index in [2.05, 4.69) is 0 Å². The zero-order chi connectivity index (χ0) is 19.9. The number of alkyl halides is 3. The van der Waals surface area contributed by atoms with Crippen molar-refractivity contribution in [2.45, 2.75) is 33.1 Å². The second kappa shape index (κ2) is 9.74. The van der Waals surface area contributed by atoms with Crippen molar-refractivity contribution in [2.24, 2.45) is 0 Å². The summed E-state index contributed by atoms with van der Waals surface area (Å²) in [6.07, 6.45) is -4.76. The molecular weight excluding hydrogens is 360 g/mol. The first kappa shape index (κ1) is 23.4. The van der Waals surface area contributed by atoms with E-state index in [0.29, 0.717) is 6.07 Å². The molecule has 1 N–H and O–H groups in total. The summed E-state index contributed by atoms with van der Waals surface area (Å²) >= 11 is -1.86. The highest BCUT2D eigenvalue weighted by Gasteiger charge is 2.32. The molecule has 2 radical (unpaired) electrons. The molecule has 0 aliphatic heterocycles. The third kappa shape index (κ3) is 7.01. The van der Waals surface area contributed by atoms with Crippen molar-refractivity contribution in [2.75, 3.05) is 6.26 Å². The van der Waals surface area contributed by atoms with E-state index in [1.807, 2.05) is 13.8 Å². The summed E-state index contributed by atoms with van der Waals surface area (Å²) in [6, 6.07) is 2.33. The Hall–Kier alpha value is -1.65. The predicted molar refractivity (Wildman–Crippen MR) is 89.7 cm³/mol. The van der Waals surface area contributed by atoms with Crippen LogP contribution in [-0.4, -0.2) is 28.0 Å². The Morgan fingerprint density at radius 1 is 1.28 bits per heavy atom. The summed E-state index contributed by atoms with van der Waals surface area (Å²) in [4.78, 5) is 11.7. The zero-order valence-electron chi connectivity index (χ0n) is 14.0. The van der Waals surface area contributed by atoms with Crippen LogP contribution in [0.15, 0.2) is 27.4 Å². The number of halogens is 3. The third-order valence-electron chi connectivity index (χ3n) is 2.65. The van der Waals surface area contributed by atoms with E-state index in [9.17, 15) is 23.1 Å². The number of benzene rings is 1. The van der Waals surface area contributed by atoms with Gasteiger partial charge in [0.25, 0.3) is 0 Å². The molecule has 0 spiro atoms. The number of rotatable bonds is 1. The van der Waals surface area contributed by atoms with Gasteiger partial charge in [-0.2, -0.15) is 13.2 Å². The molecule has 0 amide bonds. The molecule has 1 aromatic carbocycles. The number of aliphatic hydroxyl groups excluding tert-OH is 1. The van der Waals surface area contributed by atoms with Gasteiger partial charge in [-0.25, -0.2) is 0 Å². The predicted octanol–water partition coefficient (Wildman–Crippen LogP) is 2.18. The summed E-state index contributed by atoms with van der Waals surface area (Å²) in [5.74, 6) is 0. The fourth-order valence-electron chi connectivity index (χ4n) is 1.78. The van der Waals surface area contributed by atoms with Crippen LogP contribution in [0.4, 0.5) is 13.2 Å². The minimum Gasteiger partial charge on any atom is -0.773 e. The highest BCUT2D eigenvalue weighted by Crippen LogP contribution is 2.34. The van der Waals surface area contributed by atoms with Crippen molar-refractivity contribution >= 4 is 35.6 Å². The lowest BCUT2D eigenvalue weighted by Crippen LogP contribution is -2.15. The van der Waals surface area contributed by atoms with Crippen LogP contribution in [0, 0.1) is 0 Å². The minimum absolute atomic E-state index is 0.130. The van der Waals surface area contributed by atoms with Gasteiger partial charge in [-0.15, -0.1) is 0 Å². The fraction of sp³-hybridized carbons (Fsp3) is 0.400. The number of fused-ring (bicyclic) bond motifs is 1. The van der Waals surface area contributed by atoms with Crippen molar-refractivity contribution in [3.05, 3.63) is 39.5 Å². The van der Waals surface area contributed by atoms with Crippen LogP contribution >= 0.6 is 0 Å². The van der Waals surface area contributed by atoms with Crippen LogP contribution < -0.4 is 11.1 Å². The maximum atomic E-state index is 12.7. The molecule has 138 valence electrons. The second-order valence-electron chi connectivity index (χ2n) is 4.53. The van der Waals surface area contributed by atoms with E-state index in [1.165, 1.54) is 6.92 Å². The normalized spacial score (nSPS) is 13.2. The molecule has 0 aliphatic carbocycles. The van der Waals surface area contributed by atoms with Crippen LogP contribution in [-0.2, 0) is 17.3 Å². The van der Waals surface area contributed by atoms with Crippen molar-refractivity contribution in [1.29, 1.82) is 0 Å². The average molecular weight is 377 g/mol. The second-order valence-corrected chi connectivity index (χ2v) is 5.33. The van der Waals surface area contributed by atoms with Crippen LogP contribution in [0.25, 0.3) is 11.0 Å². The number of hydrogen-bond acceptors (Lipinski definition) is 5. The molecule has 2 aromatic rings. The smallest absolute Gasteiger partial charge is 0.416 e. The molecule has 0 fully saturated rings. The van der Waals surface area contributed by atoms with Crippen molar-refractivity contribution in [1.82, 2.24) is 0 Å². The van der Waals surface area contributed by atoms with Gasteiger partial charge < -0.3 is 14.1 Å². The van der Waals surface area contributed by atoms with E-state index in [1.54, 1.807) is 0 Å². The first-order chi connectivity index (χ1) is 11.4. The van der Waals surface area contributed by atoms with Gasteiger partial charge in [0.15, 0.2) is 13.3 Å². The molecule has 0 saturated carbocycles. The summed E-state index contributed by atoms with van der Waals surface area (Å²) in [5, 5.41) is 9.26. The average Bonchev–Trinajstić information content (AvgIpc) is 2.46. The van der Waals surface area contributed by atoms with Gasteiger partial charge in [-0.05, 0) is 25.3 Å². The Morgan fingerprint density at radius 3 is 2.16 bits per heavy atom. The number of aliphatic hydroxyl groups is 1. The quantitative estimate of drug-likeness (QED) is 0.608. The van der Waals surface area contributed by atoms with Gasteiger partial charge in [0, 0.05) is 11.6 Å². The highest BCUT2D eigenvalue weighted by atomic mass is 32.2. The molecule has 10 heteroatoms. The Bertz CT molecular complexity index is 783. The van der Waals surface area contributed by atoms with Crippen molar-refractivity contribution in [3.8, 4) is 0 Å². The SMILES string of the molecule is CC.CS(=O)[O-].[B]c1cc(=O)c2cc(C(F)(F)F)cc(C(C)O)c2o1. The van der Waals surface area contributed by atoms with Crippen molar-refractivity contribution < 1.29 is 31.5 Å². The Morgan fingerprint density at radius 2 is 1.76 bits per heavy atom. The van der Waals surface area contributed by atoms with Crippen LogP contribution in [0.3, 0.4) is 0 Å². The molecule has 0 saturated heterocycles. The highest BCUT2D eigenvalue weighted by molar-refractivity contribution is 7.78. The van der Waals surface area contributed by atoms with Crippen LogP contribution in [0.5, 0.6) is 0 Å². The van der Waals surface area contributed by atoms with Gasteiger partial charge >= 0.3 is 6.18 Å². The number of hydrogen-bond donors (Lipinski definition) is 1. The standard InChI is InChI=1S/C12H8BF3O3.C2H6.CH4O2S/c1-5(17)7-2-6(12(14,15)16)3-8-9(18)4-10(13)19-11(7)8;1-2;1-4(2)3/h2-5,17H,1H3;1-2H3;1H3,(H,2,3)/p-1. The lowest BCUT2D eigenvalue weighted by molar-refractivity contribution is -0.137. The largest absolute Gasteiger partial charge is 0.773 e. The summed E-state index contributed by atoms with van der Waals surface area (Å²) < 4.78 is 61.2. The lowest BCUT2D eigenvalue weighted by atomic mass is 9.99. The molecule has 5 nitrogen and oxygen atoms in total. The van der Waals surface area contributed by atoms with Crippen LogP contribution in [0.1, 0.15) is 38.0 Å². The summed E-state index contributed by atoms with van der Waals surface area (Å²) in [6.45, 7) is 5.28. The topological polar surface area (TPSA) is 90.6 Å². The van der Waals surface area contributed by atoms with E-state index in [-0.39, 0.29) is 22.2 Å². The molecule has 2 atom stereocenters. The third-order valence-corrected chi connectivity index (χ3v) is 2.65. The first-order valence-electron chi connectivity index (χ1n) is 7.07. The molecule has 1 aromatic heterocycles. The molecular formula is C15H17BF3O5S-. The van der Waals surface area contributed by atoms with E-state index < -0.39 is 34.4 Å². The van der Waals surface area contributed by atoms with Gasteiger partial charge in [-0.1, -0.05) is 24.9 Å². The van der Waals surface area contributed by atoms with Gasteiger partial charge in [0.1, 0.15) is 5.58 Å². The summed E-state index contributed by atoms with van der Waals surface area (Å²) in [7, 11) is 5.35. The Kier molecular flexibility index (Phi) is 9.10. The molecule has 2 unspecified atom stereocenters. The minimum atomic E-state index is -4.62. The van der Waals surface area contributed by atoms with Crippen LogP contribution in [0.2, 0.25) is 0 Å². The van der Waals surface area contributed by atoms with E-state index >= 15 is 0 Å². The van der Waals surface area contributed by atoms with Gasteiger partial charge in [0.2, 0.25) is 0 Å². The lowest BCUT2D eigenvalue weighted by Gasteiger charge is -2.13. The Balaban J connectivity index is 0.000000845. The molecule has 1 heterocycles. The first-order valence-corrected chi connectivity index (χ1v) is 8.55. The maximum Gasteiger partial charge on any atom is 0.416 e. The van der Waals surface area contributed by atoms with E-state index in [0.717, 1.165) is 18.4 Å². The maximum absolute atomic E-state index is 12.7. The zero-order valence-corrected chi connectivity index (χ0v) is 14.8. The van der Waals surface area contributed by atoms with E-state index in [4.69, 9.17) is 21.0 Å². The molecule has 0 aliphatic rings. The van der Waals surface area contributed by atoms with Crippen molar-refractivity contribution in [3.63, 3.8) is 0 Å². The monoisotopic (exact) mass is 377 g/mol.